The first-order valence-corrected chi connectivity index (χ1v) is 6.19. The van der Waals surface area contributed by atoms with Crippen molar-refractivity contribution in [2.45, 2.75) is 24.8 Å². The molecule has 0 atom stereocenters. The summed E-state index contributed by atoms with van der Waals surface area (Å²) in [5, 5.41) is 0. The van der Waals surface area contributed by atoms with Gasteiger partial charge in [-0.05, 0) is 52.9 Å². The Labute approximate surface area is 103 Å². The van der Waals surface area contributed by atoms with Crippen LogP contribution in [0.3, 0.4) is 0 Å². The molecule has 1 fully saturated rings. The number of benzene rings is 1. The number of hydrogen-bond donors (Lipinski definition) is 1. The topological polar surface area (TPSA) is 35.2 Å². The van der Waals surface area contributed by atoms with E-state index in [9.17, 15) is 4.39 Å². The highest BCUT2D eigenvalue weighted by Gasteiger charge is 2.28. The second kappa shape index (κ2) is 4.82. The highest BCUT2D eigenvalue weighted by Crippen LogP contribution is 2.25. The lowest BCUT2D eigenvalue weighted by molar-refractivity contribution is 0.0533. The molecule has 1 heterocycles. The van der Waals surface area contributed by atoms with Gasteiger partial charge in [0.1, 0.15) is 5.82 Å². The van der Waals surface area contributed by atoms with Gasteiger partial charge in [-0.2, -0.15) is 0 Å². The number of nitrogens with two attached hydrogens (primary N) is 1. The molecule has 0 saturated carbocycles. The van der Waals surface area contributed by atoms with Crippen LogP contribution in [0, 0.1) is 5.82 Å². The number of ether oxygens (including phenoxy) is 1. The minimum absolute atomic E-state index is 0.199. The highest BCUT2D eigenvalue weighted by molar-refractivity contribution is 9.10. The van der Waals surface area contributed by atoms with Crippen LogP contribution >= 0.6 is 15.9 Å². The van der Waals surface area contributed by atoms with E-state index in [2.05, 4.69) is 15.9 Å². The van der Waals surface area contributed by atoms with E-state index in [0.717, 1.165) is 38.0 Å². The summed E-state index contributed by atoms with van der Waals surface area (Å²) in [7, 11) is 0. The zero-order chi connectivity index (χ0) is 11.6. The maximum absolute atomic E-state index is 13.1. The quantitative estimate of drug-likeness (QED) is 0.908. The largest absolute Gasteiger partial charge is 0.381 e. The average molecular weight is 288 g/mol. The van der Waals surface area contributed by atoms with Gasteiger partial charge in [0.15, 0.2) is 0 Å². The van der Waals surface area contributed by atoms with Crippen molar-refractivity contribution in [1.82, 2.24) is 0 Å². The molecule has 88 valence electrons. The fourth-order valence-corrected chi connectivity index (χ4v) is 2.44. The highest BCUT2D eigenvalue weighted by atomic mass is 79.9. The Morgan fingerprint density at radius 2 is 2.06 bits per heavy atom. The van der Waals surface area contributed by atoms with Gasteiger partial charge in [-0.1, -0.05) is 6.07 Å². The molecule has 1 aliphatic rings. The van der Waals surface area contributed by atoms with Gasteiger partial charge in [-0.25, -0.2) is 4.39 Å². The van der Waals surface area contributed by atoms with E-state index >= 15 is 0 Å². The smallest absolute Gasteiger partial charge is 0.137 e. The molecule has 0 bridgehead atoms. The van der Waals surface area contributed by atoms with Crippen LogP contribution in [-0.4, -0.2) is 18.8 Å². The fraction of sp³-hybridized carbons (Fsp3) is 0.500. The summed E-state index contributed by atoms with van der Waals surface area (Å²) in [5.41, 5.74) is 7.16. The van der Waals surface area contributed by atoms with Crippen LogP contribution in [-0.2, 0) is 11.2 Å². The molecule has 1 aliphatic heterocycles. The van der Waals surface area contributed by atoms with Crippen molar-refractivity contribution in [2.75, 3.05) is 13.2 Å². The Balaban J connectivity index is 2.10. The Hall–Kier alpha value is -0.450. The molecule has 4 heteroatoms. The Morgan fingerprint density at radius 1 is 1.38 bits per heavy atom. The summed E-state index contributed by atoms with van der Waals surface area (Å²) < 4.78 is 18.9. The monoisotopic (exact) mass is 287 g/mol. The zero-order valence-electron chi connectivity index (χ0n) is 9.01. The van der Waals surface area contributed by atoms with Gasteiger partial charge >= 0.3 is 0 Å². The van der Waals surface area contributed by atoms with Crippen LogP contribution in [0.5, 0.6) is 0 Å². The summed E-state index contributed by atoms with van der Waals surface area (Å²) in [6, 6.07) is 5.08. The van der Waals surface area contributed by atoms with Crippen molar-refractivity contribution in [1.29, 1.82) is 0 Å². The molecule has 2 nitrogen and oxygen atoms in total. The van der Waals surface area contributed by atoms with Crippen molar-refractivity contribution >= 4 is 15.9 Å². The van der Waals surface area contributed by atoms with Crippen molar-refractivity contribution in [3.63, 3.8) is 0 Å². The Morgan fingerprint density at radius 3 is 2.69 bits per heavy atom. The van der Waals surface area contributed by atoms with Gasteiger partial charge in [0.05, 0.1) is 4.47 Å². The van der Waals surface area contributed by atoms with E-state index in [1.165, 1.54) is 6.07 Å². The summed E-state index contributed by atoms with van der Waals surface area (Å²) in [5.74, 6) is -0.234. The third-order valence-electron chi connectivity index (χ3n) is 3.03. The molecule has 0 spiro atoms. The lowest BCUT2D eigenvalue weighted by Crippen LogP contribution is -2.46. The van der Waals surface area contributed by atoms with Gasteiger partial charge in [0.25, 0.3) is 0 Å². The van der Waals surface area contributed by atoms with Gasteiger partial charge in [-0.3, -0.25) is 0 Å². The maximum Gasteiger partial charge on any atom is 0.137 e. The Kier molecular flexibility index (Phi) is 3.62. The molecular weight excluding hydrogens is 273 g/mol. The number of rotatable bonds is 2. The first kappa shape index (κ1) is 12.0. The van der Waals surface area contributed by atoms with Crippen LogP contribution in [0.15, 0.2) is 22.7 Å². The second-order valence-electron chi connectivity index (χ2n) is 4.40. The molecule has 1 aromatic carbocycles. The van der Waals surface area contributed by atoms with Crippen LogP contribution in [0.2, 0.25) is 0 Å². The predicted octanol–water partition coefficient (Wildman–Crippen LogP) is 2.64. The summed E-state index contributed by atoms with van der Waals surface area (Å²) >= 11 is 3.19. The zero-order valence-corrected chi connectivity index (χ0v) is 10.6. The lowest BCUT2D eigenvalue weighted by Gasteiger charge is -2.33. The molecule has 0 aliphatic carbocycles. The molecule has 0 amide bonds. The van der Waals surface area contributed by atoms with E-state index in [1.54, 1.807) is 12.1 Å². The molecule has 2 rings (SSSR count). The fourth-order valence-electron chi connectivity index (χ4n) is 2.01. The molecule has 0 radical (unpaired) electrons. The second-order valence-corrected chi connectivity index (χ2v) is 5.25. The van der Waals surface area contributed by atoms with E-state index < -0.39 is 0 Å². The molecule has 1 aromatic rings. The van der Waals surface area contributed by atoms with Crippen LogP contribution < -0.4 is 5.73 Å². The van der Waals surface area contributed by atoms with Gasteiger partial charge in [0, 0.05) is 18.8 Å². The minimum atomic E-state index is -0.234. The van der Waals surface area contributed by atoms with E-state index in [4.69, 9.17) is 10.5 Å². The van der Waals surface area contributed by atoms with Gasteiger partial charge in [-0.15, -0.1) is 0 Å². The molecular formula is C12H15BrFNO. The van der Waals surface area contributed by atoms with Crippen LogP contribution in [0.25, 0.3) is 0 Å². The first-order valence-electron chi connectivity index (χ1n) is 5.40. The SMILES string of the molecule is NC1(Cc2ccc(F)c(Br)c2)CCOCC1. The van der Waals surface area contributed by atoms with Gasteiger partial charge < -0.3 is 10.5 Å². The van der Waals surface area contributed by atoms with Crippen molar-refractivity contribution in [3.8, 4) is 0 Å². The van der Waals surface area contributed by atoms with Crippen LogP contribution in [0.1, 0.15) is 18.4 Å². The first-order chi connectivity index (χ1) is 7.59. The third kappa shape index (κ3) is 2.81. The predicted molar refractivity (Wildman–Crippen MR) is 64.8 cm³/mol. The third-order valence-corrected chi connectivity index (χ3v) is 3.64. The minimum Gasteiger partial charge on any atom is -0.381 e. The standard InChI is InChI=1S/C12H15BrFNO/c13-10-7-9(1-2-11(10)14)8-12(15)3-5-16-6-4-12/h1-2,7H,3-6,8,15H2. The molecule has 16 heavy (non-hydrogen) atoms. The van der Waals surface area contributed by atoms with Crippen molar-refractivity contribution < 1.29 is 9.13 Å². The molecule has 1 saturated heterocycles. The summed E-state index contributed by atoms with van der Waals surface area (Å²) in [6.07, 6.45) is 2.50. The van der Waals surface area contributed by atoms with Crippen molar-refractivity contribution in [2.24, 2.45) is 5.73 Å². The molecule has 0 aromatic heterocycles. The average Bonchev–Trinajstić information content (AvgIpc) is 2.24. The van der Waals surface area contributed by atoms with E-state index in [1.807, 2.05) is 0 Å². The normalized spacial score (nSPS) is 19.7. The van der Waals surface area contributed by atoms with E-state index in [-0.39, 0.29) is 11.4 Å². The molecule has 0 unspecified atom stereocenters. The summed E-state index contributed by atoms with van der Waals surface area (Å²) in [4.78, 5) is 0. The van der Waals surface area contributed by atoms with Crippen molar-refractivity contribution in [3.05, 3.63) is 34.1 Å². The van der Waals surface area contributed by atoms with Gasteiger partial charge in [0.2, 0.25) is 0 Å². The number of hydrogen-bond acceptors (Lipinski definition) is 2. The maximum atomic E-state index is 13.1. The lowest BCUT2D eigenvalue weighted by atomic mass is 9.85. The van der Waals surface area contributed by atoms with E-state index in [0.29, 0.717) is 4.47 Å². The molecule has 2 N–H and O–H groups in total. The Bertz CT molecular complexity index is 377. The van der Waals surface area contributed by atoms with Crippen LogP contribution in [0.4, 0.5) is 4.39 Å². The summed E-state index contributed by atoms with van der Waals surface area (Å²) in [6.45, 7) is 1.44. The number of halogens is 2.